The van der Waals surface area contributed by atoms with Crippen molar-refractivity contribution in [2.24, 2.45) is 5.92 Å². The van der Waals surface area contributed by atoms with Gasteiger partial charge in [0.25, 0.3) is 10.0 Å². The summed E-state index contributed by atoms with van der Waals surface area (Å²) in [5.41, 5.74) is 1.68. The first-order valence-electron chi connectivity index (χ1n) is 9.26. The number of hydrogen-bond donors (Lipinski definition) is 0. The molecule has 0 spiro atoms. The first-order valence-corrected chi connectivity index (χ1v) is 10.7. The molecule has 1 amide bonds. The lowest BCUT2D eigenvalue weighted by Gasteiger charge is -2.21. The topological polar surface area (TPSA) is 71.5 Å². The van der Waals surface area contributed by atoms with Crippen LogP contribution in [0, 0.1) is 5.92 Å². The number of carbonyl (C=O) groups is 2. The molecule has 0 unspecified atom stereocenters. The second kappa shape index (κ2) is 7.17. The standard InChI is InChI=1S/C22H25NO4S/c1-15(24)20-19(16-8-6-5-7-9-16)14-23(21(20)25)28(26,27)18-12-10-17(11-13-18)22(2,3)4/h5-13,19-20H,14H2,1-4H3/t19-,20-/m0/s1. The number of sulfonamides is 1. The van der Waals surface area contributed by atoms with Gasteiger partial charge >= 0.3 is 0 Å². The average molecular weight is 400 g/mol. The summed E-state index contributed by atoms with van der Waals surface area (Å²) < 4.78 is 27.2. The van der Waals surface area contributed by atoms with Crippen molar-refractivity contribution in [2.75, 3.05) is 6.54 Å². The van der Waals surface area contributed by atoms with Crippen molar-refractivity contribution in [2.45, 2.75) is 43.9 Å². The normalized spacial score (nSPS) is 20.4. The van der Waals surface area contributed by atoms with Crippen LogP contribution in [0.4, 0.5) is 0 Å². The van der Waals surface area contributed by atoms with E-state index < -0.39 is 27.8 Å². The van der Waals surface area contributed by atoms with Gasteiger partial charge in [0.1, 0.15) is 11.7 Å². The molecule has 0 saturated carbocycles. The Hall–Kier alpha value is -2.47. The van der Waals surface area contributed by atoms with Crippen molar-refractivity contribution in [1.82, 2.24) is 4.31 Å². The number of hydrogen-bond acceptors (Lipinski definition) is 4. The van der Waals surface area contributed by atoms with Crippen LogP contribution in [0.3, 0.4) is 0 Å². The van der Waals surface area contributed by atoms with Crippen LogP contribution in [0.1, 0.15) is 44.7 Å². The van der Waals surface area contributed by atoms with Gasteiger partial charge in [-0.1, -0.05) is 63.2 Å². The van der Waals surface area contributed by atoms with E-state index >= 15 is 0 Å². The van der Waals surface area contributed by atoms with Crippen molar-refractivity contribution in [1.29, 1.82) is 0 Å². The minimum absolute atomic E-state index is 0.0313. The average Bonchev–Trinajstić information content (AvgIpc) is 3.00. The Balaban J connectivity index is 1.98. The monoisotopic (exact) mass is 399 g/mol. The maximum absolute atomic E-state index is 13.1. The summed E-state index contributed by atoms with van der Waals surface area (Å²) in [6.45, 7) is 7.44. The molecule has 2 atom stereocenters. The molecule has 0 N–H and O–H groups in total. The van der Waals surface area contributed by atoms with Crippen molar-refractivity contribution in [3.8, 4) is 0 Å². The summed E-state index contributed by atoms with van der Waals surface area (Å²) in [4.78, 5) is 25.1. The molecule has 1 aliphatic heterocycles. The van der Waals surface area contributed by atoms with Crippen LogP contribution in [0.25, 0.3) is 0 Å². The molecule has 148 valence electrons. The number of rotatable bonds is 4. The molecule has 1 fully saturated rings. The molecule has 5 nitrogen and oxygen atoms in total. The molecular weight excluding hydrogens is 374 g/mol. The zero-order chi connectivity index (χ0) is 20.7. The molecule has 0 aromatic heterocycles. The zero-order valence-corrected chi connectivity index (χ0v) is 17.4. The fourth-order valence-electron chi connectivity index (χ4n) is 3.63. The molecule has 3 rings (SSSR count). The van der Waals surface area contributed by atoms with E-state index in [1.54, 1.807) is 12.1 Å². The molecule has 0 radical (unpaired) electrons. The van der Waals surface area contributed by atoms with Gasteiger partial charge in [-0.15, -0.1) is 0 Å². The summed E-state index contributed by atoms with van der Waals surface area (Å²) >= 11 is 0. The highest BCUT2D eigenvalue weighted by molar-refractivity contribution is 7.89. The first-order chi connectivity index (χ1) is 13.0. The molecular formula is C22H25NO4S. The van der Waals surface area contributed by atoms with E-state index in [2.05, 4.69) is 0 Å². The third-order valence-electron chi connectivity index (χ3n) is 5.25. The van der Waals surface area contributed by atoms with E-state index in [1.165, 1.54) is 19.1 Å². The Kier molecular flexibility index (Phi) is 5.19. The van der Waals surface area contributed by atoms with Gasteiger partial charge in [0.2, 0.25) is 5.91 Å². The fourth-order valence-corrected chi connectivity index (χ4v) is 5.07. The Morgan fingerprint density at radius 1 is 1.00 bits per heavy atom. The molecule has 1 aliphatic rings. The van der Waals surface area contributed by atoms with E-state index in [0.29, 0.717) is 0 Å². The number of carbonyl (C=O) groups excluding carboxylic acids is 2. The quantitative estimate of drug-likeness (QED) is 0.738. The number of benzene rings is 2. The number of nitrogens with zero attached hydrogens (tertiary/aromatic N) is 1. The van der Waals surface area contributed by atoms with Gasteiger partial charge in [-0.3, -0.25) is 9.59 Å². The van der Waals surface area contributed by atoms with Crippen LogP contribution in [0.5, 0.6) is 0 Å². The second-order valence-electron chi connectivity index (χ2n) is 8.25. The SMILES string of the molecule is CC(=O)[C@@H]1C(=O)N(S(=O)(=O)c2ccc(C(C)(C)C)cc2)C[C@H]1c1ccccc1. The lowest BCUT2D eigenvalue weighted by Crippen LogP contribution is -2.35. The van der Waals surface area contributed by atoms with Crippen molar-refractivity contribution in [3.63, 3.8) is 0 Å². The van der Waals surface area contributed by atoms with Gasteiger partial charge in [-0.05, 0) is 35.6 Å². The fraction of sp³-hybridized carbons (Fsp3) is 0.364. The Bertz CT molecular complexity index is 989. The molecule has 0 bridgehead atoms. The van der Waals surface area contributed by atoms with Gasteiger partial charge in [0.15, 0.2) is 0 Å². The van der Waals surface area contributed by atoms with Crippen LogP contribution in [0.2, 0.25) is 0 Å². The highest BCUT2D eigenvalue weighted by atomic mass is 32.2. The molecule has 1 saturated heterocycles. The number of ketones is 1. The Morgan fingerprint density at radius 2 is 1.57 bits per heavy atom. The minimum atomic E-state index is -4.03. The third-order valence-corrected chi connectivity index (χ3v) is 7.03. The first kappa shape index (κ1) is 20.3. The van der Waals surface area contributed by atoms with Crippen LogP contribution < -0.4 is 0 Å². The maximum Gasteiger partial charge on any atom is 0.266 e. The van der Waals surface area contributed by atoms with Crippen molar-refractivity contribution >= 4 is 21.7 Å². The highest BCUT2D eigenvalue weighted by Gasteiger charge is 2.48. The van der Waals surface area contributed by atoms with Gasteiger partial charge in [0, 0.05) is 12.5 Å². The summed E-state index contributed by atoms with van der Waals surface area (Å²) in [5.74, 6) is -2.43. The lowest BCUT2D eigenvalue weighted by molar-refractivity contribution is -0.133. The molecule has 0 aliphatic carbocycles. The van der Waals surface area contributed by atoms with Crippen LogP contribution in [0.15, 0.2) is 59.5 Å². The predicted octanol–water partition coefficient (Wildman–Crippen LogP) is 3.50. The summed E-state index contributed by atoms with van der Waals surface area (Å²) in [6, 6.07) is 15.7. The lowest BCUT2D eigenvalue weighted by atomic mass is 9.86. The predicted molar refractivity (Wildman–Crippen MR) is 107 cm³/mol. The second-order valence-corrected chi connectivity index (χ2v) is 10.1. The Morgan fingerprint density at radius 3 is 2.07 bits per heavy atom. The van der Waals surface area contributed by atoms with E-state index in [0.717, 1.165) is 15.4 Å². The molecule has 6 heteroatoms. The van der Waals surface area contributed by atoms with E-state index in [1.807, 2.05) is 51.1 Å². The van der Waals surface area contributed by atoms with Crippen LogP contribution in [-0.4, -0.2) is 31.0 Å². The highest BCUT2D eigenvalue weighted by Crippen LogP contribution is 2.37. The number of amides is 1. The molecule has 28 heavy (non-hydrogen) atoms. The summed E-state index contributed by atoms with van der Waals surface area (Å²) in [7, 11) is -4.03. The zero-order valence-electron chi connectivity index (χ0n) is 16.5. The third kappa shape index (κ3) is 3.61. The van der Waals surface area contributed by atoms with Crippen molar-refractivity contribution in [3.05, 3.63) is 65.7 Å². The van der Waals surface area contributed by atoms with Crippen LogP contribution in [-0.2, 0) is 25.0 Å². The summed E-state index contributed by atoms with van der Waals surface area (Å²) in [6.07, 6.45) is 0. The van der Waals surface area contributed by atoms with Crippen molar-refractivity contribution < 1.29 is 18.0 Å². The smallest absolute Gasteiger partial charge is 0.266 e. The maximum atomic E-state index is 13.1. The summed E-state index contributed by atoms with van der Waals surface area (Å²) in [5, 5.41) is 0. The minimum Gasteiger partial charge on any atom is -0.299 e. The van der Waals surface area contributed by atoms with Gasteiger partial charge < -0.3 is 0 Å². The molecule has 2 aromatic rings. The van der Waals surface area contributed by atoms with Gasteiger partial charge in [-0.2, -0.15) is 0 Å². The molecule has 2 aromatic carbocycles. The van der Waals surface area contributed by atoms with Gasteiger partial charge in [0.05, 0.1) is 4.90 Å². The van der Waals surface area contributed by atoms with E-state index in [9.17, 15) is 18.0 Å². The van der Waals surface area contributed by atoms with E-state index in [4.69, 9.17) is 0 Å². The largest absolute Gasteiger partial charge is 0.299 e. The molecule has 1 heterocycles. The van der Waals surface area contributed by atoms with Gasteiger partial charge in [-0.25, -0.2) is 12.7 Å². The Labute approximate surface area is 166 Å². The van der Waals surface area contributed by atoms with Crippen LogP contribution >= 0.6 is 0 Å². The van der Waals surface area contributed by atoms with E-state index in [-0.39, 0.29) is 22.6 Å². The number of Topliss-reactive ketones (excluding diaryl/α,β-unsaturated/α-hetero) is 1.